The molecule has 122 valence electrons. The molecule has 1 aromatic carbocycles. The average Bonchev–Trinajstić information content (AvgIpc) is 2.43. The van der Waals surface area contributed by atoms with Crippen LogP contribution in [0.15, 0.2) is 22.7 Å². The Kier molecular flexibility index (Phi) is 5.21. The summed E-state index contributed by atoms with van der Waals surface area (Å²) >= 11 is 3.31. The Balaban J connectivity index is 1.87. The fraction of sp³-hybridized carbons (Fsp3) is 0.562. The maximum absolute atomic E-state index is 12.0. The van der Waals surface area contributed by atoms with Crippen molar-refractivity contribution in [1.82, 2.24) is 4.90 Å². The number of hydrogen-bond donors (Lipinski definition) is 2. The van der Waals surface area contributed by atoms with Gasteiger partial charge in [-0.05, 0) is 61.7 Å². The van der Waals surface area contributed by atoms with Crippen molar-refractivity contribution in [3.63, 3.8) is 0 Å². The van der Waals surface area contributed by atoms with Crippen LogP contribution < -0.4 is 5.32 Å². The zero-order valence-electron chi connectivity index (χ0n) is 13.2. The number of hydrogen-bond acceptors (Lipinski definition) is 4. The van der Waals surface area contributed by atoms with E-state index in [1.165, 1.54) is 0 Å². The Morgan fingerprint density at radius 2 is 2.00 bits per heavy atom. The van der Waals surface area contributed by atoms with Crippen LogP contribution in [0, 0.1) is 0 Å². The number of piperidine rings is 1. The number of likely N-dealkylation sites (tertiary alicyclic amines) is 1. The van der Waals surface area contributed by atoms with Gasteiger partial charge in [0.2, 0.25) is 0 Å². The van der Waals surface area contributed by atoms with Gasteiger partial charge in [0.25, 0.3) is 0 Å². The van der Waals surface area contributed by atoms with Crippen LogP contribution in [0.1, 0.15) is 33.6 Å². The number of nitrogens with one attached hydrogen (secondary N) is 1. The van der Waals surface area contributed by atoms with Crippen molar-refractivity contribution in [2.45, 2.75) is 45.3 Å². The summed E-state index contributed by atoms with van der Waals surface area (Å²) in [5.41, 5.74) is 0.249. The van der Waals surface area contributed by atoms with Crippen molar-refractivity contribution in [3.8, 4) is 5.75 Å². The second-order valence-electron chi connectivity index (χ2n) is 6.52. The van der Waals surface area contributed by atoms with Crippen molar-refractivity contribution >= 4 is 27.7 Å². The number of carbonyl (C=O) groups excluding carboxylic acids is 1. The first kappa shape index (κ1) is 16.9. The summed E-state index contributed by atoms with van der Waals surface area (Å²) in [6.07, 6.45) is 1.40. The van der Waals surface area contributed by atoms with Gasteiger partial charge in [-0.3, -0.25) is 0 Å². The van der Waals surface area contributed by atoms with Crippen molar-refractivity contribution in [1.29, 1.82) is 0 Å². The lowest BCUT2D eigenvalue weighted by molar-refractivity contribution is 0.0210. The van der Waals surface area contributed by atoms with Gasteiger partial charge in [0.15, 0.2) is 5.75 Å². The standard InChI is InChI=1S/C16H23BrN2O3/c1-16(2,3)22-15(21)19-9-7-11(8-10-19)18-13-6-4-5-12(17)14(13)20/h4-6,11,18,20H,7-10H2,1-3H3. The van der Waals surface area contributed by atoms with E-state index in [0.717, 1.165) is 12.8 Å². The second kappa shape index (κ2) is 6.77. The zero-order valence-corrected chi connectivity index (χ0v) is 14.8. The van der Waals surface area contributed by atoms with Gasteiger partial charge in [0.1, 0.15) is 5.60 Å². The lowest BCUT2D eigenvalue weighted by atomic mass is 10.0. The lowest BCUT2D eigenvalue weighted by Crippen LogP contribution is -2.44. The van der Waals surface area contributed by atoms with Crippen LogP contribution in [0.2, 0.25) is 0 Å². The molecule has 1 saturated heterocycles. The van der Waals surface area contributed by atoms with E-state index in [9.17, 15) is 9.90 Å². The summed E-state index contributed by atoms with van der Waals surface area (Å²) in [7, 11) is 0. The first-order chi connectivity index (χ1) is 10.3. The Hall–Kier alpha value is -1.43. The number of para-hydroxylation sites is 1. The van der Waals surface area contributed by atoms with E-state index < -0.39 is 5.60 Å². The molecular weight excluding hydrogens is 348 g/mol. The number of aromatic hydroxyl groups is 1. The molecule has 0 aromatic heterocycles. The van der Waals surface area contributed by atoms with E-state index in [2.05, 4.69) is 21.2 Å². The van der Waals surface area contributed by atoms with Gasteiger partial charge in [-0.2, -0.15) is 0 Å². The van der Waals surface area contributed by atoms with Gasteiger partial charge in [-0.1, -0.05) is 6.07 Å². The molecule has 1 aromatic rings. The van der Waals surface area contributed by atoms with Crippen LogP contribution in [0.25, 0.3) is 0 Å². The van der Waals surface area contributed by atoms with Crippen LogP contribution >= 0.6 is 15.9 Å². The number of amides is 1. The van der Waals surface area contributed by atoms with Crippen LogP contribution in [0.3, 0.4) is 0 Å². The minimum atomic E-state index is -0.464. The van der Waals surface area contributed by atoms with Crippen LogP contribution in [0.5, 0.6) is 5.75 Å². The summed E-state index contributed by atoms with van der Waals surface area (Å²) in [6, 6.07) is 5.76. The Labute approximate surface area is 139 Å². The number of nitrogens with zero attached hydrogens (tertiary/aromatic N) is 1. The SMILES string of the molecule is CC(C)(C)OC(=O)N1CCC(Nc2cccc(Br)c2O)CC1. The number of ether oxygens (including phenoxy) is 1. The third kappa shape index (κ3) is 4.53. The topological polar surface area (TPSA) is 61.8 Å². The second-order valence-corrected chi connectivity index (χ2v) is 7.38. The molecular formula is C16H23BrN2O3. The predicted octanol–water partition coefficient (Wildman–Crippen LogP) is 3.97. The number of halogens is 1. The molecule has 0 bridgehead atoms. The number of phenolic OH excluding ortho intramolecular Hbond substituents is 1. The van der Waals surface area contributed by atoms with E-state index in [1.54, 1.807) is 11.0 Å². The fourth-order valence-electron chi connectivity index (χ4n) is 2.38. The third-order valence-electron chi connectivity index (χ3n) is 3.49. The molecule has 6 heteroatoms. The number of rotatable bonds is 2. The Bertz CT molecular complexity index is 535. The molecule has 1 heterocycles. The van der Waals surface area contributed by atoms with E-state index in [4.69, 9.17) is 4.74 Å². The summed E-state index contributed by atoms with van der Waals surface area (Å²) in [6.45, 7) is 6.92. The molecule has 22 heavy (non-hydrogen) atoms. The largest absolute Gasteiger partial charge is 0.505 e. The maximum atomic E-state index is 12.0. The number of carbonyl (C=O) groups is 1. The summed E-state index contributed by atoms with van der Waals surface area (Å²) in [5.74, 6) is 0.220. The molecule has 0 unspecified atom stereocenters. The van der Waals surface area contributed by atoms with Crippen LogP contribution in [0.4, 0.5) is 10.5 Å². The van der Waals surface area contributed by atoms with E-state index in [0.29, 0.717) is 23.2 Å². The van der Waals surface area contributed by atoms with Crippen LogP contribution in [-0.4, -0.2) is 40.8 Å². The summed E-state index contributed by atoms with van der Waals surface area (Å²) < 4.78 is 6.06. The van der Waals surface area contributed by atoms with Crippen molar-refractivity contribution in [2.24, 2.45) is 0 Å². The first-order valence-corrected chi connectivity index (χ1v) is 8.27. The number of anilines is 1. The Morgan fingerprint density at radius 3 is 2.59 bits per heavy atom. The molecule has 1 aliphatic rings. The predicted molar refractivity (Wildman–Crippen MR) is 90.3 cm³/mol. The highest BCUT2D eigenvalue weighted by atomic mass is 79.9. The lowest BCUT2D eigenvalue weighted by Gasteiger charge is -2.34. The van der Waals surface area contributed by atoms with Gasteiger partial charge in [-0.25, -0.2) is 4.79 Å². The highest BCUT2D eigenvalue weighted by Gasteiger charge is 2.27. The molecule has 2 N–H and O–H groups in total. The van der Waals surface area contributed by atoms with Crippen molar-refractivity contribution in [2.75, 3.05) is 18.4 Å². The summed E-state index contributed by atoms with van der Waals surface area (Å²) in [5, 5.41) is 13.3. The molecule has 0 radical (unpaired) electrons. The molecule has 1 fully saturated rings. The van der Waals surface area contributed by atoms with Gasteiger partial charge < -0.3 is 20.1 Å². The first-order valence-electron chi connectivity index (χ1n) is 7.48. The molecule has 0 atom stereocenters. The maximum Gasteiger partial charge on any atom is 0.410 e. The molecule has 2 rings (SSSR count). The number of benzene rings is 1. The normalized spacial score (nSPS) is 16.5. The van der Waals surface area contributed by atoms with Crippen molar-refractivity contribution < 1.29 is 14.6 Å². The fourth-order valence-corrected chi connectivity index (χ4v) is 2.75. The molecule has 0 spiro atoms. The molecule has 0 aliphatic carbocycles. The highest BCUT2D eigenvalue weighted by Crippen LogP contribution is 2.32. The molecule has 1 aliphatic heterocycles. The van der Waals surface area contributed by atoms with Crippen molar-refractivity contribution in [3.05, 3.63) is 22.7 Å². The van der Waals surface area contributed by atoms with E-state index >= 15 is 0 Å². The van der Waals surface area contributed by atoms with Gasteiger partial charge >= 0.3 is 6.09 Å². The summed E-state index contributed by atoms with van der Waals surface area (Å²) in [4.78, 5) is 13.8. The zero-order chi connectivity index (χ0) is 16.3. The highest BCUT2D eigenvalue weighted by molar-refractivity contribution is 9.10. The molecule has 5 nitrogen and oxygen atoms in total. The monoisotopic (exact) mass is 370 g/mol. The Morgan fingerprint density at radius 1 is 1.36 bits per heavy atom. The minimum absolute atomic E-state index is 0.220. The van der Waals surface area contributed by atoms with E-state index in [-0.39, 0.29) is 17.9 Å². The molecule has 1 amide bonds. The van der Waals surface area contributed by atoms with E-state index in [1.807, 2.05) is 32.9 Å². The molecule has 0 saturated carbocycles. The number of phenols is 1. The van der Waals surface area contributed by atoms with Gasteiger partial charge in [-0.15, -0.1) is 0 Å². The van der Waals surface area contributed by atoms with Crippen LogP contribution in [-0.2, 0) is 4.74 Å². The van der Waals surface area contributed by atoms with Gasteiger partial charge in [0, 0.05) is 19.1 Å². The minimum Gasteiger partial charge on any atom is -0.505 e. The third-order valence-corrected chi connectivity index (χ3v) is 4.13. The smallest absolute Gasteiger partial charge is 0.410 e. The average molecular weight is 371 g/mol. The van der Waals surface area contributed by atoms with Gasteiger partial charge in [0.05, 0.1) is 10.2 Å². The quantitative estimate of drug-likeness (QED) is 0.773.